The summed E-state index contributed by atoms with van der Waals surface area (Å²) in [4.78, 5) is 8.93. The molecule has 0 fully saturated rings. The number of benzene rings is 1. The zero-order valence-electron chi connectivity index (χ0n) is 11.3. The van der Waals surface area contributed by atoms with Crippen LogP contribution in [0.1, 0.15) is 30.3 Å². The first-order valence-corrected chi connectivity index (χ1v) is 7.29. The second-order valence-corrected chi connectivity index (χ2v) is 5.43. The highest BCUT2D eigenvalue weighted by Crippen LogP contribution is 2.19. The number of halogens is 1. The average Bonchev–Trinajstić information content (AvgIpc) is 2.42. The van der Waals surface area contributed by atoms with Crippen molar-refractivity contribution in [3.63, 3.8) is 0 Å². The molecule has 0 aliphatic rings. The van der Waals surface area contributed by atoms with Gasteiger partial charge >= 0.3 is 0 Å². The zero-order chi connectivity index (χ0) is 13.7. The van der Waals surface area contributed by atoms with Crippen molar-refractivity contribution >= 4 is 21.7 Å². The molecule has 0 spiro atoms. The Morgan fingerprint density at radius 1 is 1.21 bits per heavy atom. The van der Waals surface area contributed by atoms with Crippen molar-refractivity contribution in [2.75, 3.05) is 11.9 Å². The average molecular weight is 320 g/mol. The molecule has 2 aromatic rings. The molecular formula is C15H18BrN3. The van der Waals surface area contributed by atoms with E-state index in [0.717, 1.165) is 35.5 Å². The fourth-order valence-electron chi connectivity index (χ4n) is 1.74. The quantitative estimate of drug-likeness (QED) is 0.906. The molecule has 0 saturated heterocycles. The Hall–Kier alpha value is -1.42. The van der Waals surface area contributed by atoms with E-state index in [-0.39, 0.29) is 0 Å². The van der Waals surface area contributed by atoms with Crippen LogP contribution in [0.2, 0.25) is 0 Å². The molecule has 0 bridgehead atoms. The van der Waals surface area contributed by atoms with Crippen molar-refractivity contribution in [3.05, 3.63) is 51.9 Å². The van der Waals surface area contributed by atoms with E-state index in [4.69, 9.17) is 0 Å². The van der Waals surface area contributed by atoms with Crippen LogP contribution >= 0.6 is 15.9 Å². The van der Waals surface area contributed by atoms with Crippen LogP contribution in [0.15, 0.2) is 34.9 Å². The summed E-state index contributed by atoms with van der Waals surface area (Å²) >= 11 is 3.47. The van der Waals surface area contributed by atoms with Gasteiger partial charge < -0.3 is 5.32 Å². The smallest absolute Gasteiger partial charge is 0.144 e. The van der Waals surface area contributed by atoms with Gasteiger partial charge in [-0.25, -0.2) is 9.97 Å². The lowest BCUT2D eigenvalue weighted by atomic mass is 10.1. The largest absolute Gasteiger partial charge is 0.369 e. The molecule has 100 valence electrons. The molecule has 3 nitrogen and oxygen atoms in total. The minimum atomic E-state index is 0.758. The summed E-state index contributed by atoms with van der Waals surface area (Å²) in [5.41, 5.74) is 2.50. The summed E-state index contributed by atoms with van der Waals surface area (Å²) in [6.45, 7) is 5.14. The van der Waals surface area contributed by atoms with Gasteiger partial charge in [0, 0.05) is 19.2 Å². The summed E-state index contributed by atoms with van der Waals surface area (Å²) in [5.74, 6) is 1.71. The second kappa shape index (κ2) is 6.66. The molecule has 19 heavy (non-hydrogen) atoms. The summed E-state index contributed by atoms with van der Waals surface area (Å²) in [5, 5.41) is 3.30. The number of aryl methyl sites for hydroxylation is 1. The Bertz CT molecular complexity index is 538. The zero-order valence-corrected chi connectivity index (χ0v) is 12.9. The topological polar surface area (TPSA) is 37.8 Å². The number of aromatic nitrogens is 2. The SMILES string of the molecule is CCCNc1nc(Cc2ccc(C)cc2)ncc1Br. The number of nitrogens with one attached hydrogen (secondary N) is 1. The highest BCUT2D eigenvalue weighted by molar-refractivity contribution is 9.10. The molecule has 2 rings (SSSR count). The number of hydrogen-bond donors (Lipinski definition) is 1. The standard InChI is InChI=1S/C15H18BrN3/c1-3-8-17-15-13(16)10-18-14(19-15)9-12-6-4-11(2)5-7-12/h4-7,10H,3,8-9H2,1-2H3,(H,17,18,19). The maximum Gasteiger partial charge on any atom is 0.144 e. The molecule has 0 aliphatic heterocycles. The molecule has 1 heterocycles. The Labute approximate surface area is 122 Å². The highest BCUT2D eigenvalue weighted by Gasteiger charge is 2.05. The molecule has 0 amide bonds. The van der Waals surface area contributed by atoms with Crippen LogP contribution < -0.4 is 5.32 Å². The van der Waals surface area contributed by atoms with Gasteiger partial charge in [0.05, 0.1) is 4.47 Å². The van der Waals surface area contributed by atoms with Crippen LogP contribution in [-0.2, 0) is 6.42 Å². The van der Waals surface area contributed by atoms with Gasteiger partial charge in [-0.2, -0.15) is 0 Å². The molecule has 1 N–H and O–H groups in total. The molecule has 4 heteroatoms. The van der Waals surface area contributed by atoms with Crippen LogP contribution in [-0.4, -0.2) is 16.5 Å². The first kappa shape index (κ1) is 14.0. The Morgan fingerprint density at radius 3 is 2.63 bits per heavy atom. The molecule has 0 radical (unpaired) electrons. The van der Waals surface area contributed by atoms with Crippen molar-refractivity contribution in [1.29, 1.82) is 0 Å². The van der Waals surface area contributed by atoms with Gasteiger partial charge in [-0.15, -0.1) is 0 Å². The van der Waals surface area contributed by atoms with Gasteiger partial charge in [-0.1, -0.05) is 36.8 Å². The van der Waals surface area contributed by atoms with E-state index in [0.29, 0.717) is 0 Å². The van der Waals surface area contributed by atoms with Crippen LogP contribution in [0, 0.1) is 6.92 Å². The molecule has 0 unspecified atom stereocenters. The Kier molecular flexibility index (Phi) is 4.91. The monoisotopic (exact) mass is 319 g/mol. The van der Waals surface area contributed by atoms with Crippen molar-refractivity contribution in [3.8, 4) is 0 Å². The number of anilines is 1. The molecular weight excluding hydrogens is 302 g/mol. The Morgan fingerprint density at radius 2 is 1.95 bits per heavy atom. The molecule has 0 saturated carbocycles. The molecule has 0 atom stereocenters. The van der Waals surface area contributed by atoms with Gasteiger partial charge in [0.1, 0.15) is 11.6 Å². The number of hydrogen-bond acceptors (Lipinski definition) is 3. The Balaban J connectivity index is 2.14. The maximum absolute atomic E-state index is 4.56. The first-order valence-electron chi connectivity index (χ1n) is 6.50. The van der Waals surface area contributed by atoms with Crippen molar-refractivity contribution in [2.45, 2.75) is 26.7 Å². The van der Waals surface area contributed by atoms with Gasteiger partial charge in [-0.05, 0) is 34.8 Å². The van der Waals surface area contributed by atoms with Crippen molar-refractivity contribution in [1.82, 2.24) is 9.97 Å². The lowest BCUT2D eigenvalue weighted by molar-refractivity contribution is 0.926. The predicted molar refractivity (Wildman–Crippen MR) is 82.5 cm³/mol. The van der Waals surface area contributed by atoms with Gasteiger partial charge in [0.2, 0.25) is 0 Å². The highest BCUT2D eigenvalue weighted by atomic mass is 79.9. The minimum Gasteiger partial charge on any atom is -0.369 e. The van der Waals surface area contributed by atoms with E-state index in [1.165, 1.54) is 11.1 Å². The van der Waals surface area contributed by atoms with E-state index in [9.17, 15) is 0 Å². The molecule has 1 aromatic carbocycles. The third-order valence-electron chi connectivity index (χ3n) is 2.82. The maximum atomic E-state index is 4.56. The molecule has 0 aliphatic carbocycles. The van der Waals surface area contributed by atoms with Gasteiger partial charge in [-0.3, -0.25) is 0 Å². The summed E-state index contributed by atoms with van der Waals surface area (Å²) < 4.78 is 0.911. The summed E-state index contributed by atoms with van der Waals surface area (Å²) in [6, 6.07) is 8.48. The normalized spacial score (nSPS) is 10.5. The predicted octanol–water partition coefficient (Wildman–Crippen LogP) is 3.96. The third-order valence-corrected chi connectivity index (χ3v) is 3.40. The first-order chi connectivity index (χ1) is 9.19. The fourth-order valence-corrected chi connectivity index (χ4v) is 2.08. The van der Waals surface area contributed by atoms with Crippen LogP contribution in [0.3, 0.4) is 0 Å². The van der Waals surface area contributed by atoms with Gasteiger partial charge in [0.25, 0.3) is 0 Å². The summed E-state index contributed by atoms with van der Waals surface area (Å²) in [6.07, 6.45) is 3.65. The van der Waals surface area contributed by atoms with E-state index in [1.54, 1.807) is 0 Å². The van der Waals surface area contributed by atoms with E-state index < -0.39 is 0 Å². The lowest BCUT2D eigenvalue weighted by Gasteiger charge is -2.08. The van der Waals surface area contributed by atoms with Crippen molar-refractivity contribution in [2.24, 2.45) is 0 Å². The van der Waals surface area contributed by atoms with Crippen LogP contribution in [0.25, 0.3) is 0 Å². The van der Waals surface area contributed by atoms with E-state index in [1.807, 2.05) is 6.20 Å². The third kappa shape index (κ3) is 4.03. The van der Waals surface area contributed by atoms with E-state index in [2.05, 4.69) is 69.3 Å². The van der Waals surface area contributed by atoms with Crippen molar-refractivity contribution < 1.29 is 0 Å². The molecule has 1 aromatic heterocycles. The summed E-state index contributed by atoms with van der Waals surface area (Å²) in [7, 11) is 0. The number of rotatable bonds is 5. The van der Waals surface area contributed by atoms with Gasteiger partial charge in [0.15, 0.2) is 0 Å². The fraction of sp³-hybridized carbons (Fsp3) is 0.333. The second-order valence-electron chi connectivity index (χ2n) is 4.57. The minimum absolute atomic E-state index is 0.758. The van der Waals surface area contributed by atoms with Crippen LogP contribution in [0.5, 0.6) is 0 Å². The number of nitrogens with zero attached hydrogens (tertiary/aromatic N) is 2. The lowest BCUT2D eigenvalue weighted by Crippen LogP contribution is -2.06. The van der Waals surface area contributed by atoms with Crippen LogP contribution in [0.4, 0.5) is 5.82 Å². The van der Waals surface area contributed by atoms with E-state index >= 15 is 0 Å².